The number of aliphatic hydroxyl groups is 1. The van der Waals surface area contributed by atoms with E-state index in [2.05, 4.69) is 0 Å². The quantitative estimate of drug-likeness (QED) is 0.559. The van der Waals surface area contributed by atoms with Gasteiger partial charge in [-0.25, -0.2) is 0 Å². The highest BCUT2D eigenvalue weighted by atomic mass is 16.6. The normalized spacial score (nSPS) is 52.2. The van der Waals surface area contributed by atoms with Crippen molar-refractivity contribution in [3.05, 3.63) is 0 Å². The van der Waals surface area contributed by atoms with Gasteiger partial charge in [-0.1, -0.05) is 0 Å². The second kappa shape index (κ2) is 2.19. The van der Waals surface area contributed by atoms with Crippen molar-refractivity contribution in [3.8, 4) is 0 Å². The molecule has 3 heteroatoms. The predicted molar refractivity (Wildman–Crippen MR) is 34.7 cm³/mol. The Labute approximate surface area is 59.9 Å². The molecule has 0 aromatic heterocycles. The van der Waals surface area contributed by atoms with Crippen molar-refractivity contribution in [2.24, 2.45) is 0 Å². The van der Waals surface area contributed by atoms with E-state index in [-0.39, 0.29) is 31.0 Å². The fraction of sp³-hybridized carbons (Fsp3) is 1.00. The third-order valence-corrected chi connectivity index (χ3v) is 2.27. The molecule has 4 atom stereocenters. The molecule has 0 radical (unpaired) electrons. The summed E-state index contributed by atoms with van der Waals surface area (Å²) in [5, 5.41) is 8.74. The number of fused-ring (bicyclic) bond motifs is 1. The molecule has 0 bridgehead atoms. The molecule has 10 heavy (non-hydrogen) atoms. The predicted octanol–water partition coefficient (Wildman–Crippen LogP) is -0.0765. The lowest BCUT2D eigenvalue weighted by Gasteiger charge is -2.36. The van der Waals surface area contributed by atoms with E-state index in [9.17, 15) is 0 Å². The highest BCUT2D eigenvalue weighted by molar-refractivity contribution is 4.94. The molecule has 1 unspecified atom stereocenters. The summed E-state index contributed by atoms with van der Waals surface area (Å²) in [7, 11) is 0. The molecular formula is C7H12O3. The molecule has 2 aliphatic heterocycles. The van der Waals surface area contributed by atoms with Crippen LogP contribution >= 0.6 is 0 Å². The maximum absolute atomic E-state index is 8.74. The second-order valence-electron chi connectivity index (χ2n) is 3.02. The van der Waals surface area contributed by atoms with Gasteiger partial charge < -0.3 is 14.6 Å². The standard InChI is InChI=1S/C7H12O3/c1-4-7-6(9-4)2-5(3-8)10-7/h4-8H,2-3H2,1H3/t4?,5-,6-,7-/m0/s1. The van der Waals surface area contributed by atoms with Crippen molar-refractivity contribution in [2.45, 2.75) is 37.8 Å². The Kier molecular flexibility index (Phi) is 1.44. The minimum absolute atomic E-state index is 0.0277. The first kappa shape index (κ1) is 6.58. The van der Waals surface area contributed by atoms with E-state index < -0.39 is 0 Å². The minimum Gasteiger partial charge on any atom is -0.394 e. The van der Waals surface area contributed by atoms with E-state index >= 15 is 0 Å². The minimum atomic E-state index is 0.0277. The average molecular weight is 144 g/mol. The zero-order chi connectivity index (χ0) is 7.14. The van der Waals surface area contributed by atoms with Gasteiger partial charge in [0.15, 0.2) is 0 Å². The van der Waals surface area contributed by atoms with Crippen molar-refractivity contribution < 1.29 is 14.6 Å². The van der Waals surface area contributed by atoms with E-state index in [4.69, 9.17) is 14.6 Å². The van der Waals surface area contributed by atoms with Crippen LogP contribution in [0, 0.1) is 0 Å². The number of rotatable bonds is 1. The molecule has 2 saturated heterocycles. The largest absolute Gasteiger partial charge is 0.394 e. The Bertz CT molecular complexity index is 137. The summed E-state index contributed by atoms with van der Waals surface area (Å²) in [6.07, 6.45) is 1.66. The Morgan fingerprint density at radius 2 is 2.30 bits per heavy atom. The lowest BCUT2D eigenvalue weighted by Crippen LogP contribution is -2.48. The third kappa shape index (κ3) is 0.779. The van der Waals surface area contributed by atoms with E-state index in [1.807, 2.05) is 6.92 Å². The zero-order valence-electron chi connectivity index (χ0n) is 5.99. The highest BCUT2D eigenvalue weighted by Gasteiger charge is 2.47. The van der Waals surface area contributed by atoms with Crippen molar-refractivity contribution in [1.29, 1.82) is 0 Å². The molecule has 0 amide bonds. The first-order valence-corrected chi connectivity index (χ1v) is 3.73. The van der Waals surface area contributed by atoms with E-state index in [1.54, 1.807) is 0 Å². The molecule has 3 nitrogen and oxygen atoms in total. The van der Waals surface area contributed by atoms with Crippen LogP contribution in [0.3, 0.4) is 0 Å². The van der Waals surface area contributed by atoms with Crippen LogP contribution in [0.25, 0.3) is 0 Å². The summed E-state index contributed by atoms with van der Waals surface area (Å²) < 4.78 is 10.8. The maximum atomic E-state index is 8.74. The van der Waals surface area contributed by atoms with Crippen molar-refractivity contribution in [3.63, 3.8) is 0 Å². The third-order valence-electron chi connectivity index (χ3n) is 2.27. The Morgan fingerprint density at radius 3 is 2.80 bits per heavy atom. The number of hydrogen-bond acceptors (Lipinski definition) is 3. The van der Waals surface area contributed by atoms with Crippen LogP contribution in [-0.4, -0.2) is 36.1 Å². The van der Waals surface area contributed by atoms with Gasteiger partial charge in [-0.05, 0) is 6.92 Å². The molecule has 2 fully saturated rings. The molecule has 58 valence electrons. The summed E-state index contributed by atoms with van der Waals surface area (Å²) in [5.74, 6) is 0. The van der Waals surface area contributed by atoms with Gasteiger partial charge in [0.05, 0.1) is 24.9 Å². The SMILES string of the molecule is CC1O[C@H]2C[C@@H](CO)O[C@@H]12. The lowest BCUT2D eigenvalue weighted by molar-refractivity contribution is -0.196. The van der Waals surface area contributed by atoms with Gasteiger partial charge in [0.1, 0.15) is 6.10 Å². The van der Waals surface area contributed by atoms with Gasteiger partial charge >= 0.3 is 0 Å². The fourth-order valence-electron chi connectivity index (χ4n) is 1.69. The monoisotopic (exact) mass is 144 g/mol. The topological polar surface area (TPSA) is 38.7 Å². The molecule has 0 aromatic rings. The number of ether oxygens (including phenoxy) is 2. The van der Waals surface area contributed by atoms with Gasteiger partial charge in [-0.3, -0.25) is 0 Å². The van der Waals surface area contributed by atoms with E-state index in [0.717, 1.165) is 6.42 Å². The molecule has 0 saturated carbocycles. The first-order valence-electron chi connectivity index (χ1n) is 3.73. The molecule has 1 N–H and O–H groups in total. The van der Waals surface area contributed by atoms with Crippen LogP contribution in [0.4, 0.5) is 0 Å². The highest BCUT2D eigenvalue weighted by Crippen LogP contribution is 2.35. The van der Waals surface area contributed by atoms with Crippen molar-refractivity contribution in [1.82, 2.24) is 0 Å². The molecule has 2 aliphatic rings. The van der Waals surface area contributed by atoms with Gasteiger partial charge in [0.2, 0.25) is 0 Å². The Balaban J connectivity index is 1.93. The smallest absolute Gasteiger partial charge is 0.110 e. The zero-order valence-corrected chi connectivity index (χ0v) is 5.99. The van der Waals surface area contributed by atoms with Gasteiger partial charge in [-0.15, -0.1) is 0 Å². The molecule has 0 spiro atoms. The number of aliphatic hydroxyl groups excluding tert-OH is 1. The summed E-state index contributed by atoms with van der Waals surface area (Å²) in [5.41, 5.74) is 0. The second-order valence-corrected chi connectivity index (χ2v) is 3.02. The van der Waals surface area contributed by atoms with Crippen molar-refractivity contribution >= 4 is 0 Å². The Morgan fingerprint density at radius 1 is 1.50 bits per heavy atom. The lowest BCUT2D eigenvalue weighted by atomic mass is 10.0. The van der Waals surface area contributed by atoms with Gasteiger partial charge in [0.25, 0.3) is 0 Å². The van der Waals surface area contributed by atoms with Crippen LogP contribution in [0.15, 0.2) is 0 Å². The summed E-state index contributed by atoms with van der Waals surface area (Å²) in [4.78, 5) is 0. The molecule has 2 rings (SSSR count). The van der Waals surface area contributed by atoms with Crippen LogP contribution < -0.4 is 0 Å². The molecule has 0 aromatic carbocycles. The van der Waals surface area contributed by atoms with Crippen LogP contribution in [-0.2, 0) is 9.47 Å². The fourth-order valence-corrected chi connectivity index (χ4v) is 1.69. The van der Waals surface area contributed by atoms with Crippen LogP contribution in [0.2, 0.25) is 0 Å². The molecular weight excluding hydrogens is 132 g/mol. The first-order chi connectivity index (χ1) is 4.81. The van der Waals surface area contributed by atoms with Gasteiger partial charge in [0, 0.05) is 6.42 Å². The van der Waals surface area contributed by atoms with E-state index in [0.29, 0.717) is 0 Å². The average Bonchev–Trinajstić information content (AvgIpc) is 2.26. The number of hydrogen-bond donors (Lipinski definition) is 1. The van der Waals surface area contributed by atoms with Gasteiger partial charge in [-0.2, -0.15) is 0 Å². The van der Waals surface area contributed by atoms with Crippen molar-refractivity contribution in [2.75, 3.05) is 6.61 Å². The maximum Gasteiger partial charge on any atom is 0.110 e. The molecule has 0 aliphatic carbocycles. The molecule has 2 heterocycles. The summed E-state index contributed by atoms with van der Waals surface area (Å²) >= 11 is 0. The summed E-state index contributed by atoms with van der Waals surface area (Å²) in [6.45, 7) is 2.13. The Hall–Kier alpha value is -0.120. The van der Waals surface area contributed by atoms with Crippen LogP contribution in [0.5, 0.6) is 0 Å². The van der Waals surface area contributed by atoms with E-state index in [1.165, 1.54) is 0 Å². The summed E-state index contributed by atoms with van der Waals surface area (Å²) in [6, 6.07) is 0. The van der Waals surface area contributed by atoms with Crippen LogP contribution in [0.1, 0.15) is 13.3 Å².